The maximum absolute atomic E-state index is 9.65. The van der Waals surface area contributed by atoms with Gasteiger partial charge in [-0.1, -0.05) is 35.5 Å². The molecule has 0 aliphatic carbocycles. The van der Waals surface area contributed by atoms with Gasteiger partial charge >= 0.3 is 0 Å². The van der Waals surface area contributed by atoms with E-state index in [4.69, 9.17) is 9.26 Å². The van der Waals surface area contributed by atoms with Crippen LogP contribution in [-0.4, -0.2) is 22.4 Å². The summed E-state index contributed by atoms with van der Waals surface area (Å²) in [6.45, 7) is 1.95. The number of methoxy groups -OCH3 is 1. The van der Waals surface area contributed by atoms with E-state index in [2.05, 4.69) is 16.2 Å². The van der Waals surface area contributed by atoms with Crippen molar-refractivity contribution in [3.05, 3.63) is 59.5 Å². The number of hydrogen-bond donors (Lipinski definition) is 1. The van der Waals surface area contributed by atoms with E-state index in [9.17, 15) is 10.4 Å². The quantitative estimate of drug-likeness (QED) is 0.730. The number of aryl methyl sites for hydroxylation is 1. The van der Waals surface area contributed by atoms with Crippen molar-refractivity contribution < 1.29 is 14.4 Å². The molecular weight excluding hydrogens is 318 g/mol. The van der Waals surface area contributed by atoms with Gasteiger partial charge in [0, 0.05) is 5.56 Å². The minimum atomic E-state index is 0.0257. The number of aromatic hydroxyl groups is 1. The van der Waals surface area contributed by atoms with Crippen LogP contribution < -0.4 is 4.74 Å². The lowest BCUT2D eigenvalue weighted by atomic mass is 10.1. The third kappa shape index (κ3) is 3.35. The summed E-state index contributed by atoms with van der Waals surface area (Å²) in [5.74, 6) is 0.903. The molecule has 3 rings (SSSR count). The molecule has 0 unspecified atom stereocenters. The number of allylic oxidation sites excluding steroid dienone is 1. The predicted molar refractivity (Wildman–Crippen MR) is 92.6 cm³/mol. The second-order valence-electron chi connectivity index (χ2n) is 5.34. The van der Waals surface area contributed by atoms with Crippen LogP contribution in [0.5, 0.6) is 11.5 Å². The molecule has 0 aliphatic rings. The Bertz CT molecular complexity index is 984. The lowest BCUT2D eigenvalue weighted by Gasteiger charge is -2.03. The van der Waals surface area contributed by atoms with Crippen molar-refractivity contribution in [2.75, 3.05) is 7.11 Å². The lowest BCUT2D eigenvalue weighted by Crippen LogP contribution is -1.87. The second kappa shape index (κ2) is 6.89. The van der Waals surface area contributed by atoms with Gasteiger partial charge in [0.1, 0.15) is 11.6 Å². The molecular formula is C19H15N3O3. The number of ether oxygens (including phenoxy) is 1. The van der Waals surface area contributed by atoms with Crippen molar-refractivity contribution in [1.82, 2.24) is 10.1 Å². The Hall–Kier alpha value is -3.59. The van der Waals surface area contributed by atoms with Crippen molar-refractivity contribution in [3.63, 3.8) is 0 Å². The molecule has 1 heterocycles. The molecule has 0 saturated heterocycles. The fourth-order valence-corrected chi connectivity index (χ4v) is 2.36. The molecule has 0 amide bonds. The van der Waals surface area contributed by atoms with E-state index in [1.54, 1.807) is 18.2 Å². The zero-order chi connectivity index (χ0) is 17.8. The van der Waals surface area contributed by atoms with Crippen molar-refractivity contribution in [2.24, 2.45) is 0 Å². The fraction of sp³-hybridized carbons (Fsp3) is 0.105. The Balaban J connectivity index is 1.97. The number of phenolic OH excluding ortho intramolecular Hbond substituents is 1. The number of rotatable bonds is 4. The summed E-state index contributed by atoms with van der Waals surface area (Å²) in [7, 11) is 1.46. The van der Waals surface area contributed by atoms with Gasteiger partial charge in [-0.3, -0.25) is 0 Å². The number of nitriles is 1. The first kappa shape index (κ1) is 16.3. The molecule has 0 bridgehead atoms. The van der Waals surface area contributed by atoms with Gasteiger partial charge in [-0.25, -0.2) is 0 Å². The summed E-state index contributed by atoms with van der Waals surface area (Å²) in [6.07, 6.45) is 1.59. The minimum Gasteiger partial charge on any atom is -0.504 e. The van der Waals surface area contributed by atoms with Gasteiger partial charge in [-0.05, 0) is 36.3 Å². The van der Waals surface area contributed by atoms with Gasteiger partial charge in [0.2, 0.25) is 5.82 Å². The molecule has 124 valence electrons. The molecule has 0 radical (unpaired) electrons. The van der Waals surface area contributed by atoms with Gasteiger partial charge < -0.3 is 14.4 Å². The van der Waals surface area contributed by atoms with E-state index in [0.29, 0.717) is 17.1 Å². The standard InChI is InChI=1S/C19H15N3O3/c1-12-5-3-4-6-15(12)18-21-19(25-22-18)14(11-20)9-13-7-8-16(23)17(10-13)24-2/h3-10,23H,1-2H3/b14-9+. The molecule has 0 atom stereocenters. The third-order valence-electron chi connectivity index (χ3n) is 3.68. The number of aromatic nitrogens is 2. The van der Waals surface area contributed by atoms with Crippen LogP contribution in [0.2, 0.25) is 0 Å². The highest BCUT2D eigenvalue weighted by atomic mass is 16.5. The Morgan fingerprint density at radius 1 is 1.28 bits per heavy atom. The zero-order valence-electron chi connectivity index (χ0n) is 13.7. The molecule has 0 spiro atoms. The maximum Gasteiger partial charge on any atom is 0.268 e. The molecule has 0 fully saturated rings. The SMILES string of the molecule is COc1cc(/C=C(\C#N)c2nc(-c3ccccc3C)no2)ccc1O. The van der Waals surface area contributed by atoms with E-state index < -0.39 is 0 Å². The van der Waals surface area contributed by atoms with Crippen LogP contribution in [0.25, 0.3) is 23.0 Å². The summed E-state index contributed by atoms with van der Waals surface area (Å²) >= 11 is 0. The summed E-state index contributed by atoms with van der Waals surface area (Å²) < 4.78 is 10.3. The number of benzene rings is 2. The van der Waals surface area contributed by atoms with Crippen molar-refractivity contribution in [3.8, 4) is 29.0 Å². The summed E-state index contributed by atoms with van der Waals surface area (Å²) in [5, 5.41) is 23.0. The Kier molecular flexibility index (Phi) is 4.48. The minimum absolute atomic E-state index is 0.0257. The summed E-state index contributed by atoms with van der Waals surface area (Å²) in [5.41, 5.74) is 2.75. The average Bonchev–Trinajstić information content (AvgIpc) is 3.11. The van der Waals surface area contributed by atoms with Crippen molar-refractivity contribution in [2.45, 2.75) is 6.92 Å². The maximum atomic E-state index is 9.65. The van der Waals surface area contributed by atoms with Crippen LogP contribution in [0, 0.1) is 18.3 Å². The molecule has 6 nitrogen and oxygen atoms in total. The number of phenols is 1. The molecule has 0 saturated carbocycles. The van der Waals surface area contributed by atoms with Gasteiger partial charge in [0.25, 0.3) is 5.89 Å². The van der Waals surface area contributed by atoms with Gasteiger partial charge in [-0.2, -0.15) is 10.2 Å². The zero-order valence-corrected chi connectivity index (χ0v) is 13.7. The monoisotopic (exact) mass is 333 g/mol. The highest BCUT2D eigenvalue weighted by Crippen LogP contribution is 2.28. The van der Waals surface area contributed by atoms with Crippen LogP contribution >= 0.6 is 0 Å². The topological polar surface area (TPSA) is 92.2 Å². The first-order chi connectivity index (χ1) is 12.1. The molecule has 2 aromatic carbocycles. The smallest absolute Gasteiger partial charge is 0.268 e. The van der Waals surface area contributed by atoms with E-state index in [1.165, 1.54) is 13.2 Å². The number of nitrogens with zero attached hydrogens (tertiary/aromatic N) is 3. The molecule has 1 aromatic heterocycles. The second-order valence-corrected chi connectivity index (χ2v) is 5.34. The highest BCUT2D eigenvalue weighted by molar-refractivity contribution is 5.87. The van der Waals surface area contributed by atoms with Crippen LogP contribution in [0.1, 0.15) is 17.0 Å². The van der Waals surface area contributed by atoms with E-state index in [1.807, 2.05) is 31.2 Å². The molecule has 3 aromatic rings. The van der Waals surface area contributed by atoms with Crippen LogP contribution in [-0.2, 0) is 0 Å². The molecule has 1 N–H and O–H groups in total. The normalized spacial score (nSPS) is 11.2. The summed E-state index contributed by atoms with van der Waals surface area (Å²) in [6, 6.07) is 14.5. The van der Waals surface area contributed by atoms with Gasteiger partial charge in [-0.15, -0.1) is 0 Å². The first-order valence-corrected chi connectivity index (χ1v) is 7.51. The van der Waals surface area contributed by atoms with Crippen LogP contribution in [0.4, 0.5) is 0 Å². The fourth-order valence-electron chi connectivity index (χ4n) is 2.36. The van der Waals surface area contributed by atoms with Crippen LogP contribution in [0.15, 0.2) is 47.0 Å². The first-order valence-electron chi connectivity index (χ1n) is 7.51. The van der Waals surface area contributed by atoms with E-state index in [-0.39, 0.29) is 17.2 Å². The van der Waals surface area contributed by atoms with Gasteiger partial charge in [0.15, 0.2) is 11.5 Å². The largest absolute Gasteiger partial charge is 0.504 e. The molecule has 25 heavy (non-hydrogen) atoms. The highest BCUT2D eigenvalue weighted by Gasteiger charge is 2.14. The third-order valence-corrected chi connectivity index (χ3v) is 3.68. The lowest BCUT2D eigenvalue weighted by molar-refractivity contribution is 0.373. The van der Waals surface area contributed by atoms with Gasteiger partial charge in [0.05, 0.1) is 7.11 Å². The summed E-state index contributed by atoms with van der Waals surface area (Å²) in [4.78, 5) is 4.32. The van der Waals surface area contributed by atoms with Crippen molar-refractivity contribution >= 4 is 11.6 Å². The Labute approximate surface area is 144 Å². The Morgan fingerprint density at radius 2 is 2.08 bits per heavy atom. The predicted octanol–water partition coefficient (Wildman–Crippen LogP) is 3.82. The van der Waals surface area contributed by atoms with Crippen LogP contribution in [0.3, 0.4) is 0 Å². The molecule has 6 heteroatoms. The number of hydrogen-bond acceptors (Lipinski definition) is 6. The Morgan fingerprint density at radius 3 is 2.80 bits per heavy atom. The van der Waals surface area contributed by atoms with E-state index >= 15 is 0 Å². The van der Waals surface area contributed by atoms with E-state index in [0.717, 1.165) is 11.1 Å². The average molecular weight is 333 g/mol. The molecule has 0 aliphatic heterocycles. The van der Waals surface area contributed by atoms with Crippen molar-refractivity contribution in [1.29, 1.82) is 5.26 Å².